The van der Waals surface area contributed by atoms with Gasteiger partial charge in [-0.1, -0.05) is 11.6 Å². The van der Waals surface area contributed by atoms with E-state index in [-0.39, 0.29) is 16.1 Å². The maximum absolute atomic E-state index is 12.2. The highest BCUT2D eigenvalue weighted by Gasteiger charge is 2.26. The van der Waals surface area contributed by atoms with Crippen LogP contribution in [-0.4, -0.2) is 44.5 Å². The van der Waals surface area contributed by atoms with Crippen LogP contribution in [0.3, 0.4) is 0 Å². The second-order valence-electron chi connectivity index (χ2n) is 3.70. The molecule has 1 heterocycles. The van der Waals surface area contributed by atoms with Gasteiger partial charge in [-0.2, -0.15) is 4.31 Å². The number of benzene rings is 1. The number of nitrogens with two attached hydrogens (primary N) is 1. The smallest absolute Gasteiger partial charge is 0.243 e. The molecule has 1 saturated heterocycles. The van der Waals surface area contributed by atoms with Crippen LogP contribution in [0.2, 0.25) is 5.02 Å². The topological polar surface area (TPSA) is 104 Å². The van der Waals surface area contributed by atoms with Gasteiger partial charge < -0.3 is 15.9 Å². The standard InChI is InChI=1S/C10H13ClN2O3S.H2O/c11-9-2-1-8(7-10(9)12)17(14,15)13-3-5-16-6-4-13;/h1-2,7H,3-6,12H2;1H2. The summed E-state index contributed by atoms with van der Waals surface area (Å²) in [7, 11) is -3.49. The van der Waals surface area contributed by atoms with Crippen LogP contribution < -0.4 is 5.73 Å². The number of hydrogen-bond acceptors (Lipinski definition) is 4. The van der Waals surface area contributed by atoms with Gasteiger partial charge in [-0.15, -0.1) is 0 Å². The molecule has 1 aromatic rings. The summed E-state index contributed by atoms with van der Waals surface area (Å²) in [4.78, 5) is 0.168. The van der Waals surface area contributed by atoms with Gasteiger partial charge in [0, 0.05) is 13.1 Å². The highest BCUT2D eigenvalue weighted by atomic mass is 35.5. The zero-order valence-electron chi connectivity index (χ0n) is 9.60. The zero-order chi connectivity index (χ0) is 12.5. The summed E-state index contributed by atoms with van der Waals surface area (Å²) in [6, 6.07) is 4.33. The number of morpholine rings is 1. The Balaban J connectivity index is 0.00000162. The minimum atomic E-state index is -3.49. The van der Waals surface area contributed by atoms with Crippen molar-refractivity contribution in [3.05, 3.63) is 23.2 Å². The van der Waals surface area contributed by atoms with Gasteiger partial charge in [0.05, 0.1) is 28.8 Å². The predicted octanol–water partition coefficient (Wildman–Crippen LogP) is 0.118. The maximum atomic E-state index is 12.2. The van der Waals surface area contributed by atoms with E-state index in [2.05, 4.69) is 0 Å². The van der Waals surface area contributed by atoms with E-state index >= 15 is 0 Å². The van der Waals surface area contributed by atoms with Crippen molar-refractivity contribution in [1.82, 2.24) is 4.31 Å². The number of sulfonamides is 1. The number of hydrogen-bond donors (Lipinski definition) is 1. The fourth-order valence-corrected chi connectivity index (χ4v) is 3.18. The fraction of sp³-hybridized carbons (Fsp3) is 0.400. The van der Waals surface area contributed by atoms with Crippen molar-refractivity contribution in [2.45, 2.75) is 4.90 Å². The lowest BCUT2D eigenvalue weighted by molar-refractivity contribution is 0.0730. The lowest BCUT2D eigenvalue weighted by Crippen LogP contribution is -2.40. The molecule has 4 N–H and O–H groups in total. The number of nitrogens with zero attached hydrogens (tertiary/aromatic N) is 1. The molecule has 1 aromatic carbocycles. The summed E-state index contributed by atoms with van der Waals surface area (Å²) in [5.74, 6) is 0. The summed E-state index contributed by atoms with van der Waals surface area (Å²) in [5, 5.41) is 0.353. The minimum Gasteiger partial charge on any atom is -0.412 e. The van der Waals surface area contributed by atoms with Gasteiger partial charge in [-0.05, 0) is 18.2 Å². The molecule has 0 bridgehead atoms. The second kappa shape index (κ2) is 5.85. The van der Waals surface area contributed by atoms with Gasteiger partial charge in [0.25, 0.3) is 0 Å². The number of halogens is 1. The molecule has 6 nitrogen and oxygen atoms in total. The second-order valence-corrected chi connectivity index (χ2v) is 6.04. The van der Waals surface area contributed by atoms with E-state index in [9.17, 15) is 8.42 Å². The van der Waals surface area contributed by atoms with Crippen LogP contribution in [0, 0.1) is 0 Å². The van der Waals surface area contributed by atoms with E-state index < -0.39 is 10.0 Å². The molecule has 18 heavy (non-hydrogen) atoms. The van der Waals surface area contributed by atoms with E-state index in [1.807, 2.05) is 0 Å². The van der Waals surface area contributed by atoms with Crippen molar-refractivity contribution >= 4 is 27.3 Å². The van der Waals surface area contributed by atoms with Gasteiger partial charge >= 0.3 is 0 Å². The van der Waals surface area contributed by atoms with Crippen LogP contribution >= 0.6 is 11.6 Å². The Morgan fingerprint density at radius 1 is 1.28 bits per heavy atom. The first-order valence-corrected chi connectivity index (χ1v) is 6.96. The Morgan fingerprint density at radius 2 is 1.89 bits per heavy atom. The molecule has 1 aliphatic heterocycles. The zero-order valence-corrected chi connectivity index (χ0v) is 11.2. The van der Waals surface area contributed by atoms with Crippen molar-refractivity contribution in [1.29, 1.82) is 0 Å². The Bertz CT molecular complexity index is 515. The third kappa shape index (κ3) is 2.93. The Morgan fingerprint density at radius 3 is 2.44 bits per heavy atom. The molecule has 8 heteroatoms. The van der Waals surface area contributed by atoms with E-state index in [1.165, 1.54) is 22.5 Å². The van der Waals surface area contributed by atoms with Gasteiger partial charge in [-0.3, -0.25) is 0 Å². The molecule has 0 atom stereocenters. The Kier molecular flexibility index (Phi) is 4.94. The quantitative estimate of drug-likeness (QED) is 0.782. The third-order valence-electron chi connectivity index (χ3n) is 2.58. The summed E-state index contributed by atoms with van der Waals surface area (Å²) >= 11 is 5.76. The van der Waals surface area contributed by atoms with Crippen LogP contribution in [0.15, 0.2) is 23.1 Å². The molecule has 1 aliphatic rings. The molecule has 0 aromatic heterocycles. The van der Waals surface area contributed by atoms with E-state index in [0.717, 1.165) is 0 Å². The van der Waals surface area contributed by atoms with Crippen LogP contribution in [0.1, 0.15) is 0 Å². The molecule has 0 unspecified atom stereocenters. The monoisotopic (exact) mass is 294 g/mol. The van der Waals surface area contributed by atoms with Gasteiger partial charge in [0.15, 0.2) is 0 Å². The minimum absolute atomic E-state index is 0. The van der Waals surface area contributed by atoms with E-state index in [4.69, 9.17) is 22.1 Å². The van der Waals surface area contributed by atoms with Crippen molar-refractivity contribution < 1.29 is 18.6 Å². The lowest BCUT2D eigenvalue weighted by atomic mass is 10.3. The number of ether oxygens (including phenoxy) is 1. The fourth-order valence-electron chi connectivity index (χ4n) is 1.62. The van der Waals surface area contributed by atoms with Crippen LogP contribution in [0.5, 0.6) is 0 Å². The van der Waals surface area contributed by atoms with E-state index in [1.54, 1.807) is 0 Å². The first-order valence-electron chi connectivity index (χ1n) is 5.15. The summed E-state index contributed by atoms with van der Waals surface area (Å²) in [6.45, 7) is 1.57. The highest BCUT2D eigenvalue weighted by molar-refractivity contribution is 7.89. The summed E-state index contributed by atoms with van der Waals surface area (Å²) < 4.78 is 31.0. The van der Waals surface area contributed by atoms with Crippen molar-refractivity contribution in [3.63, 3.8) is 0 Å². The molecule has 102 valence electrons. The van der Waals surface area contributed by atoms with Gasteiger partial charge in [-0.25, -0.2) is 8.42 Å². The van der Waals surface area contributed by atoms with Crippen LogP contribution in [-0.2, 0) is 14.8 Å². The van der Waals surface area contributed by atoms with Crippen molar-refractivity contribution in [2.24, 2.45) is 0 Å². The van der Waals surface area contributed by atoms with Crippen molar-refractivity contribution in [2.75, 3.05) is 32.0 Å². The first-order chi connectivity index (χ1) is 8.01. The average Bonchev–Trinajstić information content (AvgIpc) is 2.33. The first kappa shape index (κ1) is 15.2. The maximum Gasteiger partial charge on any atom is 0.243 e. The number of rotatable bonds is 2. The molecule has 0 aliphatic carbocycles. The molecule has 0 radical (unpaired) electrons. The lowest BCUT2D eigenvalue weighted by Gasteiger charge is -2.26. The molecular weight excluding hydrogens is 280 g/mol. The SMILES string of the molecule is Nc1cc(S(=O)(=O)N2CCOCC2)ccc1Cl.O. The molecule has 0 saturated carbocycles. The van der Waals surface area contributed by atoms with Gasteiger partial charge in [0.2, 0.25) is 10.0 Å². The Labute approximate surface area is 111 Å². The number of nitrogen functional groups attached to an aromatic ring is 1. The average molecular weight is 295 g/mol. The molecule has 2 rings (SSSR count). The highest BCUT2D eigenvalue weighted by Crippen LogP contribution is 2.24. The largest absolute Gasteiger partial charge is 0.412 e. The summed E-state index contributed by atoms with van der Waals surface area (Å²) in [5.41, 5.74) is 5.87. The number of anilines is 1. The molecule has 0 amide bonds. The predicted molar refractivity (Wildman–Crippen MR) is 69.1 cm³/mol. The normalized spacial score (nSPS) is 17.2. The van der Waals surface area contributed by atoms with Crippen molar-refractivity contribution in [3.8, 4) is 0 Å². The van der Waals surface area contributed by atoms with Crippen LogP contribution in [0.4, 0.5) is 5.69 Å². The van der Waals surface area contributed by atoms with E-state index in [0.29, 0.717) is 31.3 Å². The summed E-state index contributed by atoms with van der Waals surface area (Å²) in [6.07, 6.45) is 0. The van der Waals surface area contributed by atoms with Crippen LogP contribution in [0.25, 0.3) is 0 Å². The molecular formula is C10H15ClN2O4S. The Hall–Kier alpha value is -0.860. The third-order valence-corrected chi connectivity index (χ3v) is 4.81. The van der Waals surface area contributed by atoms with Gasteiger partial charge in [0.1, 0.15) is 0 Å². The molecule has 0 spiro atoms. The molecule has 1 fully saturated rings.